The fourth-order valence-electron chi connectivity index (χ4n) is 2.54. The number of hydrogen-bond acceptors (Lipinski definition) is 2. The molecule has 1 aromatic carbocycles. The second kappa shape index (κ2) is 4.52. The number of aliphatic hydroxyl groups excluding tert-OH is 1. The highest BCUT2D eigenvalue weighted by molar-refractivity contribution is 5.22. The van der Waals surface area contributed by atoms with E-state index in [2.05, 4.69) is 0 Å². The molecule has 1 aliphatic carbocycles. The summed E-state index contributed by atoms with van der Waals surface area (Å²) in [7, 11) is 1.62. The molecule has 3 heteroatoms. The van der Waals surface area contributed by atoms with Gasteiger partial charge in [-0.1, -0.05) is 25.0 Å². The van der Waals surface area contributed by atoms with Crippen molar-refractivity contribution in [2.75, 3.05) is 7.11 Å². The van der Waals surface area contributed by atoms with Crippen LogP contribution in [-0.2, 0) is 4.74 Å². The fraction of sp³-hybridized carbons (Fsp3) is 0.538. The van der Waals surface area contributed by atoms with E-state index in [1.165, 1.54) is 12.1 Å². The maximum absolute atomic E-state index is 13.1. The van der Waals surface area contributed by atoms with Crippen LogP contribution in [0.4, 0.5) is 4.39 Å². The van der Waals surface area contributed by atoms with Crippen molar-refractivity contribution in [3.8, 4) is 0 Å². The van der Waals surface area contributed by atoms with Crippen LogP contribution in [-0.4, -0.2) is 17.8 Å². The Morgan fingerprint density at radius 2 is 2.06 bits per heavy atom. The molecule has 1 N–H and O–H groups in total. The van der Waals surface area contributed by atoms with Gasteiger partial charge in [0.2, 0.25) is 0 Å². The van der Waals surface area contributed by atoms with E-state index in [4.69, 9.17) is 4.74 Å². The highest BCUT2D eigenvalue weighted by Gasteiger charge is 2.41. The maximum atomic E-state index is 13.1. The van der Waals surface area contributed by atoms with Crippen LogP contribution < -0.4 is 0 Å². The van der Waals surface area contributed by atoms with Gasteiger partial charge in [-0.15, -0.1) is 0 Å². The smallest absolute Gasteiger partial charge is 0.123 e. The van der Waals surface area contributed by atoms with Crippen LogP contribution in [0.25, 0.3) is 0 Å². The van der Waals surface area contributed by atoms with E-state index in [1.54, 1.807) is 19.2 Å². The quantitative estimate of drug-likeness (QED) is 0.855. The molecule has 2 nitrogen and oxygen atoms in total. The molecule has 0 radical (unpaired) electrons. The Bertz CT molecular complexity index is 359. The summed E-state index contributed by atoms with van der Waals surface area (Å²) in [5, 5.41) is 10.3. The summed E-state index contributed by atoms with van der Waals surface area (Å²) in [5.74, 6) is -0.319. The summed E-state index contributed by atoms with van der Waals surface area (Å²) >= 11 is 0. The molecule has 0 amide bonds. The van der Waals surface area contributed by atoms with Gasteiger partial charge in [-0.05, 0) is 30.5 Å². The molecular formula is C13H17FO2. The molecule has 2 rings (SSSR count). The summed E-state index contributed by atoms with van der Waals surface area (Å²) < 4.78 is 18.6. The minimum atomic E-state index is -0.740. The number of ether oxygens (including phenoxy) is 1. The van der Waals surface area contributed by atoms with Crippen molar-refractivity contribution >= 4 is 0 Å². The van der Waals surface area contributed by atoms with E-state index in [0.717, 1.165) is 25.7 Å². The average molecular weight is 224 g/mol. The van der Waals surface area contributed by atoms with E-state index < -0.39 is 11.7 Å². The molecule has 1 aliphatic rings. The molecule has 1 aromatic rings. The van der Waals surface area contributed by atoms with Crippen molar-refractivity contribution in [2.45, 2.75) is 37.4 Å². The highest BCUT2D eigenvalue weighted by Crippen LogP contribution is 2.42. The normalized spacial score (nSPS) is 20.9. The van der Waals surface area contributed by atoms with Gasteiger partial charge in [-0.25, -0.2) is 4.39 Å². The molecule has 0 aliphatic heterocycles. The first-order valence-electron chi connectivity index (χ1n) is 5.67. The monoisotopic (exact) mass is 224 g/mol. The highest BCUT2D eigenvalue weighted by atomic mass is 19.1. The first-order valence-corrected chi connectivity index (χ1v) is 5.67. The minimum absolute atomic E-state index is 0.319. The topological polar surface area (TPSA) is 29.5 Å². The van der Waals surface area contributed by atoms with Gasteiger partial charge in [0.25, 0.3) is 0 Å². The molecule has 1 fully saturated rings. The molecule has 88 valence electrons. The van der Waals surface area contributed by atoms with Gasteiger partial charge in [0.15, 0.2) is 0 Å². The molecule has 0 saturated heterocycles. The van der Waals surface area contributed by atoms with E-state index in [1.807, 2.05) is 0 Å². The average Bonchev–Trinajstić information content (AvgIpc) is 2.78. The summed E-state index contributed by atoms with van der Waals surface area (Å²) in [5.41, 5.74) is 0.0806. The molecule has 0 heterocycles. The van der Waals surface area contributed by atoms with Crippen molar-refractivity contribution in [2.24, 2.45) is 0 Å². The fourth-order valence-corrected chi connectivity index (χ4v) is 2.54. The SMILES string of the molecule is COC1(C(O)c2cccc(F)c2)CCCC1. The Hall–Kier alpha value is -0.930. The Morgan fingerprint density at radius 1 is 1.38 bits per heavy atom. The molecule has 16 heavy (non-hydrogen) atoms. The third-order valence-corrected chi connectivity index (χ3v) is 3.52. The Balaban J connectivity index is 2.26. The van der Waals surface area contributed by atoms with Gasteiger partial charge < -0.3 is 9.84 Å². The summed E-state index contributed by atoms with van der Waals surface area (Å²) in [6.07, 6.45) is 3.04. The van der Waals surface area contributed by atoms with Gasteiger partial charge in [-0.3, -0.25) is 0 Å². The van der Waals surface area contributed by atoms with Crippen LogP contribution in [0, 0.1) is 5.82 Å². The van der Waals surface area contributed by atoms with Crippen molar-refractivity contribution in [1.82, 2.24) is 0 Å². The van der Waals surface area contributed by atoms with Crippen LogP contribution in [0.1, 0.15) is 37.4 Å². The molecule has 0 bridgehead atoms. The summed E-state index contributed by atoms with van der Waals surface area (Å²) in [4.78, 5) is 0. The summed E-state index contributed by atoms with van der Waals surface area (Å²) in [6, 6.07) is 6.12. The van der Waals surface area contributed by atoms with Crippen LogP contribution in [0.5, 0.6) is 0 Å². The van der Waals surface area contributed by atoms with Gasteiger partial charge in [0, 0.05) is 7.11 Å². The number of rotatable bonds is 3. The first-order chi connectivity index (χ1) is 7.68. The van der Waals surface area contributed by atoms with Crippen molar-refractivity contribution in [3.63, 3.8) is 0 Å². The van der Waals surface area contributed by atoms with Gasteiger partial charge >= 0.3 is 0 Å². The lowest BCUT2D eigenvalue weighted by atomic mass is 9.89. The number of methoxy groups -OCH3 is 1. The second-order valence-electron chi connectivity index (χ2n) is 4.43. The second-order valence-corrected chi connectivity index (χ2v) is 4.43. The van der Waals surface area contributed by atoms with Gasteiger partial charge in [0.1, 0.15) is 11.9 Å². The lowest BCUT2D eigenvalue weighted by molar-refractivity contribution is -0.100. The molecule has 1 saturated carbocycles. The standard InChI is InChI=1S/C13H17FO2/c1-16-13(7-2-3-8-13)12(15)10-5-4-6-11(14)9-10/h4-6,9,12,15H,2-3,7-8H2,1H3. The Labute approximate surface area is 95.1 Å². The first kappa shape index (κ1) is 11.6. The molecule has 1 unspecified atom stereocenters. The molecule has 0 spiro atoms. The Morgan fingerprint density at radius 3 is 2.62 bits per heavy atom. The largest absolute Gasteiger partial charge is 0.385 e. The van der Waals surface area contributed by atoms with E-state index in [9.17, 15) is 9.50 Å². The number of aliphatic hydroxyl groups is 1. The van der Waals surface area contributed by atoms with Crippen LogP contribution in [0.3, 0.4) is 0 Å². The summed E-state index contributed by atoms with van der Waals surface area (Å²) in [6.45, 7) is 0. The third-order valence-electron chi connectivity index (χ3n) is 3.52. The predicted molar refractivity (Wildman–Crippen MR) is 59.6 cm³/mol. The van der Waals surface area contributed by atoms with E-state index >= 15 is 0 Å². The number of benzene rings is 1. The molecular weight excluding hydrogens is 207 g/mol. The third kappa shape index (κ3) is 1.97. The van der Waals surface area contributed by atoms with E-state index in [-0.39, 0.29) is 5.82 Å². The van der Waals surface area contributed by atoms with E-state index in [0.29, 0.717) is 5.56 Å². The maximum Gasteiger partial charge on any atom is 0.123 e. The molecule has 0 aromatic heterocycles. The van der Waals surface area contributed by atoms with Crippen LogP contribution in [0.15, 0.2) is 24.3 Å². The van der Waals surface area contributed by atoms with Crippen LogP contribution in [0.2, 0.25) is 0 Å². The zero-order valence-electron chi connectivity index (χ0n) is 9.45. The Kier molecular flexibility index (Phi) is 3.26. The molecule has 1 atom stereocenters. The lowest BCUT2D eigenvalue weighted by Gasteiger charge is -2.33. The van der Waals surface area contributed by atoms with Crippen molar-refractivity contribution in [3.05, 3.63) is 35.6 Å². The van der Waals surface area contributed by atoms with Gasteiger partial charge in [0.05, 0.1) is 5.60 Å². The zero-order valence-corrected chi connectivity index (χ0v) is 9.45. The lowest BCUT2D eigenvalue weighted by Crippen LogP contribution is -2.35. The minimum Gasteiger partial charge on any atom is -0.385 e. The number of halogens is 1. The van der Waals surface area contributed by atoms with Crippen molar-refractivity contribution in [1.29, 1.82) is 0 Å². The van der Waals surface area contributed by atoms with Crippen molar-refractivity contribution < 1.29 is 14.2 Å². The zero-order chi connectivity index (χ0) is 11.6. The van der Waals surface area contributed by atoms with Gasteiger partial charge in [-0.2, -0.15) is 0 Å². The number of hydrogen-bond donors (Lipinski definition) is 1. The predicted octanol–water partition coefficient (Wildman–Crippen LogP) is 2.82. The van der Waals surface area contributed by atoms with Crippen LogP contribution >= 0.6 is 0 Å².